The lowest BCUT2D eigenvalue weighted by atomic mass is 10.2. The van der Waals surface area contributed by atoms with Crippen LogP contribution >= 0.6 is 0 Å². The Morgan fingerprint density at radius 1 is 1.81 bits per heavy atom. The van der Waals surface area contributed by atoms with Crippen molar-refractivity contribution in [2.24, 2.45) is 0 Å². The molecule has 86 valence electrons. The molecule has 6 heteroatoms. The Morgan fingerprint density at radius 2 is 2.56 bits per heavy atom. The molecular weight excluding hydrogens is 210 g/mol. The van der Waals surface area contributed by atoms with Crippen molar-refractivity contribution < 1.29 is 14.6 Å². The maximum absolute atomic E-state index is 10.9. The molecule has 1 aromatic rings. The van der Waals surface area contributed by atoms with Crippen molar-refractivity contribution in [3.63, 3.8) is 0 Å². The van der Waals surface area contributed by atoms with Gasteiger partial charge in [0.2, 0.25) is 11.8 Å². The monoisotopic (exact) mass is 223 g/mol. The fourth-order valence-corrected chi connectivity index (χ4v) is 1.07. The third-order valence-electron chi connectivity index (χ3n) is 1.84. The van der Waals surface area contributed by atoms with Crippen LogP contribution in [0.3, 0.4) is 0 Å². The summed E-state index contributed by atoms with van der Waals surface area (Å²) in [4.78, 5) is 18.7. The number of aromatic nitrogens is 2. The summed E-state index contributed by atoms with van der Waals surface area (Å²) in [6, 6.07) is 0.790. The minimum atomic E-state index is -0.980. The number of carbonyl (C=O) groups is 1. The third kappa shape index (κ3) is 3.23. The molecule has 0 fully saturated rings. The van der Waals surface area contributed by atoms with Gasteiger partial charge < -0.3 is 15.2 Å². The Kier molecular flexibility index (Phi) is 4.26. The number of anilines is 1. The molecule has 0 saturated heterocycles. The van der Waals surface area contributed by atoms with Crippen molar-refractivity contribution in [3.8, 4) is 5.88 Å². The van der Waals surface area contributed by atoms with E-state index in [-0.39, 0.29) is 12.4 Å². The smallest absolute Gasteiger partial charge is 0.326 e. The van der Waals surface area contributed by atoms with E-state index in [0.717, 1.165) is 0 Å². The lowest BCUT2D eigenvalue weighted by Gasteiger charge is -2.12. The van der Waals surface area contributed by atoms with Gasteiger partial charge in [0.15, 0.2) is 0 Å². The van der Waals surface area contributed by atoms with Gasteiger partial charge in [-0.15, -0.1) is 6.58 Å². The standard InChI is InChI=1S/C10H13N3O3/c1-3-4-7(9(14)15)12-10-11-6-5-8(13-10)16-2/h3,5-7H,1,4H2,2H3,(H,14,15)(H,11,12,13). The topological polar surface area (TPSA) is 84.3 Å². The average molecular weight is 223 g/mol. The second-order valence-corrected chi connectivity index (χ2v) is 2.98. The number of hydrogen-bond acceptors (Lipinski definition) is 5. The molecule has 0 saturated carbocycles. The van der Waals surface area contributed by atoms with Gasteiger partial charge in [0.25, 0.3) is 0 Å². The molecule has 6 nitrogen and oxygen atoms in total. The molecule has 1 aromatic heterocycles. The van der Waals surface area contributed by atoms with Crippen LogP contribution in [0.2, 0.25) is 0 Å². The van der Waals surface area contributed by atoms with Crippen molar-refractivity contribution in [1.29, 1.82) is 0 Å². The normalized spacial score (nSPS) is 11.6. The molecule has 0 bridgehead atoms. The molecule has 16 heavy (non-hydrogen) atoms. The van der Waals surface area contributed by atoms with E-state index in [4.69, 9.17) is 9.84 Å². The highest BCUT2D eigenvalue weighted by molar-refractivity contribution is 5.76. The fraction of sp³-hybridized carbons (Fsp3) is 0.300. The highest BCUT2D eigenvalue weighted by Crippen LogP contribution is 2.09. The minimum absolute atomic E-state index is 0.216. The van der Waals surface area contributed by atoms with Crippen LogP contribution < -0.4 is 10.1 Å². The maximum Gasteiger partial charge on any atom is 0.326 e. The Hall–Kier alpha value is -2.11. The molecule has 0 radical (unpaired) electrons. The molecule has 1 rings (SSSR count). The molecule has 0 amide bonds. The number of carboxylic acids is 1. The van der Waals surface area contributed by atoms with Crippen LogP contribution in [0, 0.1) is 0 Å². The lowest BCUT2D eigenvalue weighted by Crippen LogP contribution is -2.29. The molecule has 0 aliphatic heterocycles. The minimum Gasteiger partial charge on any atom is -0.481 e. The zero-order valence-electron chi connectivity index (χ0n) is 8.88. The van der Waals surface area contributed by atoms with Crippen LogP contribution in [-0.4, -0.2) is 34.2 Å². The van der Waals surface area contributed by atoms with Crippen LogP contribution in [0.25, 0.3) is 0 Å². The van der Waals surface area contributed by atoms with Gasteiger partial charge in [0.1, 0.15) is 6.04 Å². The predicted octanol–water partition coefficient (Wildman–Crippen LogP) is 0.926. The van der Waals surface area contributed by atoms with Gasteiger partial charge in [-0.05, 0) is 6.42 Å². The van der Waals surface area contributed by atoms with Gasteiger partial charge in [-0.3, -0.25) is 0 Å². The van der Waals surface area contributed by atoms with Crippen molar-refractivity contribution in [1.82, 2.24) is 9.97 Å². The Morgan fingerprint density at radius 3 is 3.12 bits per heavy atom. The van der Waals surface area contributed by atoms with Crippen molar-refractivity contribution in [2.75, 3.05) is 12.4 Å². The Labute approximate surface area is 93.0 Å². The SMILES string of the molecule is C=CCC(Nc1nccc(OC)n1)C(=O)O. The second-order valence-electron chi connectivity index (χ2n) is 2.98. The van der Waals surface area contributed by atoms with Crippen LogP contribution in [0.15, 0.2) is 24.9 Å². The van der Waals surface area contributed by atoms with Crippen molar-refractivity contribution in [3.05, 3.63) is 24.9 Å². The summed E-state index contributed by atoms with van der Waals surface area (Å²) in [6.45, 7) is 3.49. The van der Waals surface area contributed by atoms with Gasteiger partial charge >= 0.3 is 5.97 Å². The number of carboxylic acid groups (broad SMARTS) is 1. The number of hydrogen-bond donors (Lipinski definition) is 2. The van der Waals surface area contributed by atoms with Crippen molar-refractivity contribution >= 4 is 11.9 Å². The summed E-state index contributed by atoms with van der Waals surface area (Å²) in [7, 11) is 1.48. The van der Waals surface area contributed by atoms with Gasteiger partial charge in [0, 0.05) is 12.3 Å². The number of nitrogens with one attached hydrogen (secondary N) is 1. The highest BCUT2D eigenvalue weighted by atomic mass is 16.5. The lowest BCUT2D eigenvalue weighted by molar-refractivity contribution is -0.137. The highest BCUT2D eigenvalue weighted by Gasteiger charge is 2.16. The largest absolute Gasteiger partial charge is 0.481 e. The number of rotatable bonds is 6. The number of methoxy groups -OCH3 is 1. The summed E-state index contributed by atoms with van der Waals surface area (Å²) in [5.41, 5.74) is 0. The van der Waals surface area contributed by atoms with E-state index in [2.05, 4.69) is 21.9 Å². The van der Waals surface area contributed by atoms with Crippen molar-refractivity contribution in [2.45, 2.75) is 12.5 Å². The number of nitrogens with zero attached hydrogens (tertiary/aromatic N) is 2. The van der Waals surface area contributed by atoms with Crippen LogP contribution in [0.4, 0.5) is 5.95 Å². The number of ether oxygens (including phenoxy) is 1. The van der Waals surface area contributed by atoms with E-state index < -0.39 is 12.0 Å². The van der Waals surface area contributed by atoms with E-state index in [1.54, 1.807) is 6.07 Å². The maximum atomic E-state index is 10.9. The van der Waals surface area contributed by atoms with E-state index in [9.17, 15) is 4.79 Å². The summed E-state index contributed by atoms with van der Waals surface area (Å²) in [6.07, 6.45) is 3.29. The Bertz CT molecular complexity index is 381. The molecule has 1 heterocycles. The molecule has 0 aliphatic carbocycles. The summed E-state index contributed by atoms with van der Waals surface area (Å²) in [5.74, 6) is -0.389. The first kappa shape index (κ1) is 12.0. The van der Waals surface area contributed by atoms with Gasteiger partial charge in [-0.1, -0.05) is 6.08 Å². The summed E-state index contributed by atoms with van der Waals surface area (Å²) < 4.78 is 4.90. The molecule has 0 aromatic carbocycles. The summed E-state index contributed by atoms with van der Waals surface area (Å²) in [5, 5.41) is 11.6. The van der Waals surface area contributed by atoms with Crippen LogP contribution in [0.5, 0.6) is 5.88 Å². The van der Waals surface area contributed by atoms with Gasteiger partial charge in [-0.25, -0.2) is 9.78 Å². The predicted molar refractivity (Wildman–Crippen MR) is 58.4 cm³/mol. The Balaban J connectivity index is 2.76. The molecule has 0 aliphatic rings. The molecule has 2 N–H and O–H groups in total. The first-order valence-electron chi connectivity index (χ1n) is 4.64. The zero-order chi connectivity index (χ0) is 12.0. The number of aliphatic carboxylic acids is 1. The molecule has 1 atom stereocenters. The molecule has 0 spiro atoms. The van der Waals surface area contributed by atoms with Gasteiger partial charge in [-0.2, -0.15) is 4.98 Å². The van der Waals surface area contributed by atoms with E-state index >= 15 is 0 Å². The first-order chi connectivity index (χ1) is 7.67. The molecular formula is C10H13N3O3. The average Bonchev–Trinajstić information content (AvgIpc) is 2.28. The quantitative estimate of drug-likeness (QED) is 0.698. The fourth-order valence-electron chi connectivity index (χ4n) is 1.07. The van der Waals surface area contributed by atoms with E-state index in [1.807, 2.05) is 0 Å². The first-order valence-corrected chi connectivity index (χ1v) is 4.64. The van der Waals surface area contributed by atoms with Crippen LogP contribution in [-0.2, 0) is 4.79 Å². The third-order valence-corrected chi connectivity index (χ3v) is 1.84. The molecule has 1 unspecified atom stereocenters. The van der Waals surface area contributed by atoms with Crippen LogP contribution in [0.1, 0.15) is 6.42 Å². The summed E-state index contributed by atoms with van der Waals surface area (Å²) >= 11 is 0. The van der Waals surface area contributed by atoms with Gasteiger partial charge in [0.05, 0.1) is 7.11 Å². The zero-order valence-corrected chi connectivity index (χ0v) is 8.88. The van der Waals surface area contributed by atoms with E-state index in [1.165, 1.54) is 19.4 Å². The second kappa shape index (κ2) is 5.69. The van der Waals surface area contributed by atoms with E-state index in [0.29, 0.717) is 5.88 Å².